The van der Waals surface area contributed by atoms with Crippen molar-refractivity contribution in [3.63, 3.8) is 0 Å². The van der Waals surface area contributed by atoms with Crippen LogP contribution < -0.4 is 11.2 Å². The van der Waals surface area contributed by atoms with Crippen molar-refractivity contribution in [1.82, 2.24) is 9.55 Å². The number of aromatic carboxylic acids is 1. The summed E-state index contributed by atoms with van der Waals surface area (Å²) in [5, 5.41) is 9.22. The molecule has 0 aromatic carbocycles. The minimum Gasteiger partial charge on any atom is -0.478 e. The number of carboxylic acid groups (broad SMARTS) is 1. The van der Waals surface area contributed by atoms with Gasteiger partial charge >= 0.3 is 11.7 Å². The van der Waals surface area contributed by atoms with Crippen molar-refractivity contribution >= 4 is 27.5 Å². The van der Waals surface area contributed by atoms with Crippen LogP contribution in [0.2, 0.25) is 0 Å². The highest BCUT2D eigenvalue weighted by molar-refractivity contribution is 7.19. The van der Waals surface area contributed by atoms with E-state index in [-0.39, 0.29) is 17.0 Å². The van der Waals surface area contributed by atoms with Gasteiger partial charge in [-0.1, -0.05) is 0 Å². The van der Waals surface area contributed by atoms with E-state index >= 15 is 0 Å². The molecule has 2 aromatic heterocycles. The SMILES string of the molecule is Cc1sc2c(c1C(=O)O)c(=O)[nH]c(=O)n2C(C)C. The molecule has 18 heavy (non-hydrogen) atoms. The lowest BCUT2D eigenvalue weighted by Crippen LogP contribution is -2.31. The van der Waals surface area contributed by atoms with Crippen LogP contribution in [0.25, 0.3) is 10.2 Å². The normalized spacial score (nSPS) is 11.3. The average Bonchev–Trinajstić information content (AvgIpc) is 2.54. The van der Waals surface area contributed by atoms with Gasteiger partial charge in [0.05, 0.1) is 10.9 Å². The highest BCUT2D eigenvalue weighted by atomic mass is 32.1. The molecule has 0 aliphatic rings. The molecule has 0 saturated carbocycles. The molecule has 0 bridgehead atoms. The van der Waals surface area contributed by atoms with Gasteiger partial charge in [-0.15, -0.1) is 11.3 Å². The molecule has 6 nitrogen and oxygen atoms in total. The highest BCUT2D eigenvalue weighted by Gasteiger charge is 2.22. The number of hydrogen-bond acceptors (Lipinski definition) is 4. The molecular weight excluding hydrogens is 256 g/mol. The number of nitrogens with zero attached hydrogens (tertiary/aromatic N) is 1. The lowest BCUT2D eigenvalue weighted by molar-refractivity contribution is 0.0698. The van der Waals surface area contributed by atoms with Crippen LogP contribution in [0.15, 0.2) is 9.59 Å². The fourth-order valence-corrected chi connectivity index (χ4v) is 3.22. The first-order chi connectivity index (χ1) is 8.34. The Kier molecular flexibility index (Phi) is 2.86. The quantitative estimate of drug-likeness (QED) is 0.859. The van der Waals surface area contributed by atoms with E-state index in [0.29, 0.717) is 9.71 Å². The fourth-order valence-electron chi connectivity index (χ4n) is 1.95. The number of hydrogen-bond donors (Lipinski definition) is 2. The van der Waals surface area contributed by atoms with Crippen LogP contribution in [0.5, 0.6) is 0 Å². The van der Waals surface area contributed by atoms with Crippen molar-refractivity contribution < 1.29 is 9.90 Å². The molecule has 2 aromatic rings. The molecule has 2 heterocycles. The van der Waals surface area contributed by atoms with E-state index in [2.05, 4.69) is 4.98 Å². The molecule has 7 heteroatoms. The van der Waals surface area contributed by atoms with Crippen LogP contribution in [-0.2, 0) is 0 Å². The predicted octanol–water partition coefficient (Wildman–Crippen LogP) is 1.34. The van der Waals surface area contributed by atoms with Crippen LogP contribution in [0.4, 0.5) is 0 Å². The third-order valence-corrected chi connectivity index (χ3v) is 3.79. The molecule has 0 spiro atoms. The minimum absolute atomic E-state index is 0.0225. The number of aromatic amines is 1. The molecule has 96 valence electrons. The van der Waals surface area contributed by atoms with E-state index in [1.165, 1.54) is 4.57 Å². The summed E-state index contributed by atoms with van der Waals surface area (Å²) < 4.78 is 1.40. The zero-order valence-corrected chi connectivity index (χ0v) is 10.9. The van der Waals surface area contributed by atoms with Crippen LogP contribution in [0.1, 0.15) is 35.1 Å². The first-order valence-electron chi connectivity index (χ1n) is 5.35. The van der Waals surface area contributed by atoms with Crippen molar-refractivity contribution in [2.24, 2.45) is 0 Å². The third kappa shape index (κ3) is 1.67. The van der Waals surface area contributed by atoms with E-state index in [9.17, 15) is 14.4 Å². The summed E-state index contributed by atoms with van der Waals surface area (Å²) in [7, 11) is 0. The zero-order chi connectivity index (χ0) is 13.6. The Hall–Kier alpha value is -1.89. The monoisotopic (exact) mass is 268 g/mol. The second kappa shape index (κ2) is 4.09. The molecule has 2 rings (SSSR count). The van der Waals surface area contributed by atoms with Gasteiger partial charge in [-0.3, -0.25) is 14.3 Å². The zero-order valence-electron chi connectivity index (χ0n) is 10.1. The predicted molar refractivity (Wildman–Crippen MR) is 68.8 cm³/mol. The lowest BCUT2D eigenvalue weighted by atomic mass is 10.2. The Morgan fingerprint density at radius 3 is 2.50 bits per heavy atom. The second-order valence-corrected chi connectivity index (χ2v) is 5.44. The van der Waals surface area contributed by atoms with Gasteiger partial charge in [-0.2, -0.15) is 0 Å². The Labute approximate surface area is 106 Å². The van der Waals surface area contributed by atoms with Gasteiger partial charge < -0.3 is 5.11 Å². The summed E-state index contributed by atoms with van der Waals surface area (Å²) in [5.74, 6) is -1.15. The van der Waals surface area contributed by atoms with Gasteiger partial charge in [0.25, 0.3) is 5.56 Å². The van der Waals surface area contributed by atoms with E-state index in [0.717, 1.165) is 11.3 Å². The number of H-pyrrole nitrogens is 1. The highest BCUT2D eigenvalue weighted by Crippen LogP contribution is 2.28. The smallest absolute Gasteiger partial charge is 0.337 e. The molecule has 0 atom stereocenters. The number of carboxylic acids is 1. The van der Waals surface area contributed by atoms with E-state index in [1.807, 2.05) is 0 Å². The van der Waals surface area contributed by atoms with E-state index < -0.39 is 17.2 Å². The van der Waals surface area contributed by atoms with Gasteiger partial charge in [0.15, 0.2) is 0 Å². The molecule has 0 radical (unpaired) electrons. The van der Waals surface area contributed by atoms with Gasteiger partial charge in [0.2, 0.25) is 0 Å². The molecule has 0 aliphatic heterocycles. The molecule has 0 saturated heterocycles. The second-order valence-electron chi connectivity index (χ2n) is 4.24. The number of nitrogens with one attached hydrogen (secondary N) is 1. The minimum atomic E-state index is -1.15. The van der Waals surface area contributed by atoms with Crippen LogP contribution >= 0.6 is 11.3 Å². The molecule has 0 amide bonds. The summed E-state index contributed by atoms with van der Waals surface area (Å²) in [6.45, 7) is 5.23. The number of rotatable bonds is 2. The standard InChI is InChI=1S/C11H12N2O4S/c1-4(2)13-9-7(8(14)12-11(13)17)6(10(15)16)5(3)18-9/h4H,1-3H3,(H,15,16)(H,12,14,17). The molecule has 0 unspecified atom stereocenters. The van der Waals surface area contributed by atoms with Gasteiger partial charge in [0.1, 0.15) is 4.83 Å². The summed E-state index contributed by atoms with van der Waals surface area (Å²) >= 11 is 1.15. The Morgan fingerprint density at radius 2 is 2.00 bits per heavy atom. The topological polar surface area (TPSA) is 92.2 Å². The number of aryl methyl sites for hydroxylation is 1. The number of fused-ring (bicyclic) bond motifs is 1. The van der Waals surface area contributed by atoms with Crippen molar-refractivity contribution in [3.05, 3.63) is 31.3 Å². The maximum atomic E-state index is 11.8. The van der Waals surface area contributed by atoms with Crippen LogP contribution in [0.3, 0.4) is 0 Å². The first-order valence-corrected chi connectivity index (χ1v) is 6.17. The number of carbonyl (C=O) groups is 1. The van der Waals surface area contributed by atoms with Crippen molar-refractivity contribution in [1.29, 1.82) is 0 Å². The van der Waals surface area contributed by atoms with Gasteiger partial charge in [0, 0.05) is 10.9 Å². The molecule has 2 N–H and O–H groups in total. The Balaban J connectivity index is 3.09. The van der Waals surface area contributed by atoms with E-state index in [1.54, 1.807) is 20.8 Å². The largest absolute Gasteiger partial charge is 0.478 e. The fraction of sp³-hybridized carbons (Fsp3) is 0.364. The third-order valence-electron chi connectivity index (χ3n) is 2.68. The first kappa shape index (κ1) is 12.6. The lowest BCUT2D eigenvalue weighted by Gasteiger charge is -2.09. The molecule has 0 aliphatic carbocycles. The van der Waals surface area contributed by atoms with Gasteiger partial charge in [-0.05, 0) is 20.8 Å². The van der Waals surface area contributed by atoms with Gasteiger partial charge in [-0.25, -0.2) is 9.59 Å². The molecular formula is C11H12N2O4S. The number of thiophene rings is 1. The van der Waals surface area contributed by atoms with Crippen LogP contribution in [-0.4, -0.2) is 20.6 Å². The maximum absolute atomic E-state index is 11.8. The summed E-state index contributed by atoms with van der Waals surface area (Å²) in [4.78, 5) is 37.8. The van der Waals surface area contributed by atoms with Crippen molar-refractivity contribution in [2.45, 2.75) is 26.8 Å². The molecule has 0 fully saturated rings. The summed E-state index contributed by atoms with van der Waals surface area (Å²) in [6.07, 6.45) is 0. The number of aromatic nitrogens is 2. The van der Waals surface area contributed by atoms with Crippen molar-refractivity contribution in [3.8, 4) is 0 Å². The maximum Gasteiger partial charge on any atom is 0.337 e. The average molecular weight is 268 g/mol. The Bertz CT molecular complexity index is 751. The van der Waals surface area contributed by atoms with Crippen molar-refractivity contribution in [2.75, 3.05) is 0 Å². The van der Waals surface area contributed by atoms with Crippen LogP contribution in [0, 0.1) is 6.92 Å². The van der Waals surface area contributed by atoms with E-state index in [4.69, 9.17) is 5.11 Å². The summed E-state index contributed by atoms with van der Waals surface area (Å²) in [6, 6.07) is -0.156. The summed E-state index contributed by atoms with van der Waals surface area (Å²) in [5.41, 5.74) is -1.18. The Morgan fingerprint density at radius 1 is 1.39 bits per heavy atom.